The van der Waals surface area contributed by atoms with E-state index in [-0.39, 0.29) is 5.56 Å². The third kappa shape index (κ3) is 2.45. The number of rotatable bonds is 3. The molecular weight excluding hydrogens is 214 g/mol. The van der Waals surface area contributed by atoms with Gasteiger partial charge >= 0.3 is 0 Å². The smallest absolute Gasteiger partial charge is 0.289 e. The van der Waals surface area contributed by atoms with Crippen LogP contribution in [0.3, 0.4) is 0 Å². The molecule has 0 aliphatic carbocycles. The topological polar surface area (TPSA) is 46.2 Å². The van der Waals surface area contributed by atoms with Crippen LogP contribution in [0.5, 0.6) is 0 Å². The Bertz CT molecular complexity index is 356. The molecule has 1 aromatic rings. The molecule has 0 radical (unpaired) electrons. The molecule has 1 unspecified atom stereocenters. The molecule has 0 aliphatic heterocycles. The van der Waals surface area contributed by atoms with E-state index in [2.05, 4.69) is 0 Å². The van der Waals surface area contributed by atoms with Crippen LogP contribution in [-0.4, -0.2) is 17.6 Å². The van der Waals surface area contributed by atoms with E-state index in [0.717, 1.165) is 6.07 Å². The first kappa shape index (κ1) is 11.9. The van der Waals surface area contributed by atoms with Crippen LogP contribution in [0.1, 0.15) is 11.6 Å². The van der Waals surface area contributed by atoms with Crippen molar-refractivity contribution < 1.29 is 22.7 Å². The zero-order valence-corrected chi connectivity index (χ0v) is 7.55. The summed E-state index contributed by atoms with van der Waals surface area (Å²) >= 11 is 0. The van der Waals surface area contributed by atoms with E-state index in [0.29, 0.717) is 12.1 Å². The molecule has 2 nitrogen and oxygen atoms in total. The van der Waals surface area contributed by atoms with E-state index in [1.807, 2.05) is 0 Å². The highest BCUT2D eigenvalue weighted by Gasteiger charge is 2.37. The summed E-state index contributed by atoms with van der Waals surface area (Å²) in [5.41, 5.74) is 4.83. The van der Waals surface area contributed by atoms with Gasteiger partial charge in [0.1, 0.15) is 6.61 Å². The van der Waals surface area contributed by atoms with Crippen molar-refractivity contribution >= 4 is 0 Å². The molecule has 0 bridgehead atoms. The number of nitrogens with two attached hydrogens (primary N) is 1. The van der Waals surface area contributed by atoms with Gasteiger partial charge in [-0.25, -0.2) is 17.6 Å². The van der Waals surface area contributed by atoms with Gasteiger partial charge in [-0.05, 0) is 17.7 Å². The van der Waals surface area contributed by atoms with Crippen LogP contribution >= 0.6 is 0 Å². The lowest BCUT2D eigenvalue weighted by Crippen LogP contribution is -2.36. The second kappa shape index (κ2) is 4.16. The van der Waals surface area contributed by atoms with Crippen LogP contribution in [0.25, 0.3) is 0 Å². The minimum atomic E-state index is -3.57. The van der Waals surface area contributed by atoms with Gasteiger partial charge in [0.05, 0.1) is 6.04 Å². The molecular formula is C9H9F4NO. The molecule has 0 saturated heterocycles. The van der Waals surface area contributed by atoms with Gasteiger partial charge < -0.3 is 10.8 Å². The number of benzene rings is 1. The summed E-state index contributed by atoms with van der Waals surface area (Å²) in [4.78, 5) is 0. The van der Waals surface area contributed by atoms with Gasteiger partial charge in [0.15, 0.2) is 11.6 Å². The summed E-state index contributed by atoms with van der Waals surface area (Å²) in [5.74, 6) is -5.96. The van der Waals surface area contributed by atoms with E-state index in [9.17, 15) is 17.6 Å². The molecule has 0 heterocycles. The molecule has 0 aliphatic rings. The summed E-state index contributed by atoms with van der Waals surface area (Å²) in [6.45, 7) is -1.45. The van der Waals surface area contributed by atoms with E-state index < -0.39 is 30.2 Å². The Morgan fingerprint density at radius 1 is 1.27 bits per heavy atom. The summed E-state index contributed by atoms with van der Waals surface area (Å²) in [6, 6.07) is 0.381. The van der Waals surface area contributed by atoms with Crippen molar-refractivity contribution in [3.63, 3.8) is 0 Å². The molecule has 3 N–H and O–H groups in total. The summed E-state index contributed by atoms with van der Waals surface area (Å²) in [6.07, 6.45) is 0. The third-order valence-corrected chi connectivity index (χ3v) is 1.97. The fraction of sp³-hybridized carbons (Fsp3) is 0.333. The number of hydrogen-bond donors (Lipinski definition) is 2. The fourth-order valence-electron chi connectivity index (χ4n) is 1.05. The minimum absolute atomic E-state index is 0.270. The average Bonchev–Trinajstić information content (AvgIpc) is 2.21. The van der Waals surface area contributed by atoms with Crippen LogP contribution in [0.2, 0.25) is 0 Å². The van der Waals surface area contributed by atoms with E-state index in [1.54, 1.807) is 0 Å². The minimum Gasteiger partial charge on any atom is -0.390 e. The van der Waals surface area contributed by atoms with Crippen molar-refractivity contribution in [2.24, 2.45) is 5.73 Å². The number of aliphatic hydroxyl groups excluding tert-OH is 1. The van der Waals surface area contributed by atoms with Gasteiger partial charge in [0.2, 0.25) is 0 Å². The molecule has 1 atom stereocenters. The maximum Gasteiger partial charge on any atom is 0.289 e. The third-order valence-electron chi connectivity index (χ3n) is 1.97. The molecule has 1 rings (SSSR count). The standard InChI is InChI=1S/C9H9F4NO/c10-6-2-1-5(3-7(6)11)8(14)9(12,13)4-15/h1-3,8,15H,4,14H2. The van der Waals surface area contributed by atoms with Crippen LogP contribution < -0.4 is 5.73 Å². The normalized spacial score (nSPS) is 14.0. The van der Waals surface area contributed by atoms with Crippen molar-refractivity contribution in [2.45, 2.75) is 12.0 Å². The van der Waals surface area contributed by atoms with E-state index in [4.69, 9.17) is 10.8 Å². The second-order valence-electron chi connectivity index (χ2n) is 3.07. The number of hydrogen-bond acceptors (Lipinski definition) is 2. The number of aliphatic hydroxyl groups is 1. The number of alkyl halides is 2. The second-order valence-corrected chi connectivity index (χ2v) is 3.07. The summed E-state index contributed by atoms with van der Waals surface area (Å²) in [7, 11) is 0. The Balaban J connectivity index is 3.02. The van der Waals surface area contributed by atoms with Gasteiger partial charge in [0.25, 0.3) is 5.92 Å². The van der Waals surface area contributed by atoms with Crippen LogP contribution in [0.4, 0.5) is 17.6 Å². The SMILES string of the molecule is NC(c1ccc(F)c(F)c1)C(F)(F)CO. The van der Waals surface area contributed by atoms with Crippen molar-refractivity contribution in [1.82, 2.24) is 0 Å². The molecule has 1 aromatic carbocycles. The highest BCUT2D eigenvalue weighted by molar-refractivity contribution is 5.22. The molecule has 0 amide bonds. The van der Waals surface area contributed by atoms with Crippen LogP contribution in [0, 0.1) is 11.6 Å². The van der Waals surface area contributed by atoms with Gasteiger partial charge in [-0.1, -0.05) is 6.07 Å². The first-order valence-corrected chi connectivity index (χ1v) is 4.07. The molecule has 84 valence electrons. The van der Waals surface area contributed by atoms with Gasteiger partial charge in [-0.3, -0.25) is 0 Å². The molecule has 0 spiro atoms. The lowest BCUT2D eigenvalue weighted by Gasteiger charge is -2.21. The first-order valence-electron chi connectivity index (χ1n) is 4.07. The van der Waals surface area contributed by atoms with Crippen LogP contribution in [-0.2, 0) is 0 Å². The van der Waals surface area contributed by atoms with Gasteiger partial charge in [0, 0.05) is 0 Å². The van der Waals surface area contributed by atoms with Gasteiger partial charge in [-0.15, -0.1) is 0 Å². The highest BCUT2D eigenvalue weighted by atomic mass is 19.3. The van der Waals surface area contributed by atoms with Gasteiger partial charge in [-0.2, -0.15) is 0 Å². The van der Waals surface area contributed by atoms with Crippen molar-refractivity contribution in [2.75, 3.05) is 6.61 Å². The van der Waals surface area contributed by atoms with E-state index >= 15 is 0 Å². The maximum atomic E-state index is 12.9. The Morgan fingerprint density at radius 3 is 2.33 bits per heavy atom. The molecule has 0 aromatic heterocycles. The zero-order valence-electron chi connectivity index (χ0n) is 7.55. The predicted molar refractivity (Wildman–Crippen MR) is 45.3 cm³/mol. The Morgan fingerprint density at radius 2 is 1.87 bits per heavy atom. The van der Waals surface area contributed by atoms with E-state index in [1.165, 1.54) is 0 Å². The molecule has 0 saturated carbocycles. The Kier molecular flexibility index (Phi) is 3.31. The maximum absolute atomic E-state index is 12.9. The Labute approximate surface area is 83.3 Å². The van der Waals surface area contributed by atoms with Crippen molar-refractivity contribution in [3.8, 4) is 0 Å². The molecule has 0 fully saturated rings. The quantitative estimate of drug-likeness (QED) is 0.764. The monoisotopic (exact) mass is 223 g/mol. The summed E-state index contributed by atoms with van der Waals surface area (Å²) in [5, 5.41) is 8.35. The lowest BCUT2D eigenvalue weighted by molar-refractivity contribution is -0.0712. The highest BCUT2D eigenvalue weighted by Crippen LogP contribution is 2.29. The van der Waals surface area contributed by atoms with Crippen molar-refractivity contribution in [3.05, 3.63) is 35.4 Å². The lowest BCUT2D eigenvalue weighted by atomic mass is 10.0. The summed E-state index contributed by atoms with van der Waals surface area (Å²) < 4.78 is 50.9. The predicted octanol–water partition coefficient (Wildman–Crippen LogP) is 1.59. The Hall–Kier alpha value is -1.14. The molecule has 6 heteroatoms. The number of halogens is 4. The average molecular weight is 223 g/mol. The first-order chi connectivity index (χ1) is 6.88. The zero-order chi connectivity index (χ0) is 11.6. The molecule has 15 heavy (non-hydrogen) atoms. The van der Waals surface area contributed by atoms with Crippen molar-refractivity contribution in [1.29, 1.82) is 0 Å². The fourth-order valence-corrected chi connectivity index (χ4v) is 1.05. The van der Waals surface area contributed by atoms with Crippen LogP contribution in [0.15, 0.2) is 18.2 Å². The largest absolute Gasteiger partial charge is 0.390 e.